The van der Waals surface area contributed by atoms with E-state index in [2.05, 4.69) is 4.74 Å². The summed E-state index contributed by atoms with van der Waals surface area (Å²) >= 11 is 0. The van der Waals surface area contributed by atoms with E-state index >= 15 is 0 Å². The van der Waals surface area contributed by atoms with Gasteiger partial charge in [0, 0.05) is 6.61 Å². The monoisotopic (exact) mass is 200 g/mol. The van der Waals surface area contributed by atoms with E-state index < -0.39 is 11.7 Å². The predicted molar refractivity (Wildman–Crippen MR) is 48.9 cm³/mol. The Hall–Kier alpha value is -0.610. The van der Waals surface area contributed by atoms with Crippen molar-refractivity contribution < 1.29 is 19.0 Å². The average Bonchev–Trinajstić information content (AvgIpc) is 2.93. The van der Waals surface area contributed by atoms with Gasteiger partial charge in [0.1, 0.15) is 5.60 Å². The zero-order chi connectivity index (χ0) is 10.2. The van der Waals surface area contributed by atoms with Gasteiger partial charge in [-0.1, -0.05) is 0 Å². The van der Waals surface area contributed by atoms with Crippen LogP contribution in [0.2, 0.25) is 0 Å². The van der Waals surface area contributed by atoms with E-state index in [1.54, 1.807) is 0 Å². The summed E-state index contributed by atoms with van der Waals surface area (Å²) in [5, 5.41) is 0. The first-order valence-electron chi connectivity index (χ1n) is 5.05. The maximum atomic E-state index is 11.2. The molecule has 0 aromatic rings. The van der Waals surface area contributed by atoms with Gasteiger partial charge in [-0.05, 0) is 26.2 Å². The van der Waals surface area contributed by atoms with Gasteiger partial charge in [0.15, 0.2) is 6.10 Å². The van der Waals surface area contributed by atoms with Gasteiger partial charge >= 0.3 is 5.97 Å². The van der Waals surface area contributed by atoms with Crippen LogP contribution in [0.15, 0.2) is 0 Å². The second-order valence-electron chi connectivity index (χ2n) is 4.06. The summed E-state index contributed by atoms with van der Waals surface area (Å²) in [6.45, 7) is 2.70. The summed E-state index contributed by atoms with van der Waals surface area (Å²) in [7, 11) is 1.38. The molecule has 2 fully saturated rings. The third kappa shape index (κ3) is 1.53. The number of carbonyl (C=O) groups is 1. The van der Waals surface area contributed by atoms with Crippen molar-refractivity contribution in [3.63, 3.8) is 0 Å². The van der Waals surface area contributed by atoms with Gasteiger partial charge in [0.05, 0.1) is 13.2 Å². The molecule has 80 valence electrons. The lowest BCUT2D eigenvalue weighted by Gasteiger charge is -2.25. The molecule has 2 rings (SSSR count). The second-order valence-corrected chi connectivity index (χ2v) is 4.06. The van der Waals surface area contributed by atoms with Gasteiger partial charge in [-0.15, -0.1) is 0 Å². The Morgan fingerprint density at radius 3 is 2.86 bits per heavy atom. The number of hydrogen-bond donors (Lipinski definition) is 0. The van der Waals surface area contributed by atoms with E-state index in [0.29, 0.717) is 0 Å². The second kappa shape index (κ2) is 3.51. The van der Waals surface area contributed by atoms with Crippen molar-refractivity contribution in [3.8, 4) is 0 Å². The highest BCUT2D eigenvalue weighted by atomic mass is 16.7. The summed E-state index contributed by atoms with van der Waals surface area (Å²) in [4.78, 5) is 11.2. The zero-order valence-corrected chi connectivity index (χ0v) is 8.62. The van der Waals surface area contributed by atoms with E-state index in [0.717, 1.165) is 25.9 Å². The molecule has 0 radical (unpaired) electrons. The van der Waals surface area contributed by atoms with Crippen LogP contribution in [0.5, 0.6) is 0 Å². The molecule has 0 aromatic heterocycles. The van der Waals surface area contributed by atoms with Gasteiger partial charge < -0.3 is 14.2 Å². The van der Waals surface area contributed by atoms with Crippen molar-refractivity contribution in [1.82, 2.24) is 0 Å². The maximum absolute atomic E-state index is 11.2. The molecule has 0 aliphatic carbocycles. The highest BCUT2D eigenvalue weighted by Gasteiger charge is 2.63. The number of carbonyl (C=O) groups excluding carboxylic acids is 1. The minimum absolute atomic E-state index is 0.0559. The number of rotatable bonds is 2. The number of hydrogen-bond acceptors (Lipinski definition) is 4. The van der Waals surface area contributed by atoms with Crippen LogP contribution >= 0.6 is 0 Å². The molecule has 0 spiro atoms. The Morgan fingerprint density at radius 1 is 1.50 bits per heavy atom. The number of ether oxygens (including phenoxy) is 3. The predicted octanol–water partition coefficient (Wildman–Crippen LogP) is 0.886. The van der Waals surface area contributed by atoms with Crippen LogP contribution in [0.3, 0.4) is 0 Å². The Balaban J connectivity index is 1.95. The Bertz CT molecular complexity index is 234. The number of esters is 1. The number of epoxide rings is 1. The minimum atomic E-state index is -0.437. The SMILES string of the molecule is COC(=O)C1OC1(C)C1CCCCO1. The normalized spacial score (nSPS) is 41.9. The first-order chi connectivity index (χ1) is 6.68. The van der Waals surface area contributed by atoms with Gasteiger partial charge in [0.25, 0.3) is 0 Å². The molecule has 14 heavy (non-hydrogen) atoms. The summed E-state index contributed by atoms with van der Waals surface area (Å²) < 4.78 is 15.6. The molecule has 2 aliphatic rings. The molecule has 3 atom stereocenters. The molecule has 4 heteroatoms. The van der Waals surface area contributed by atoms with Crippen LogP contribution in [0, 0.1) is 0 Å². The Morgan fingerprint density at radius 2 is 2.29 bits per heavy atom. The van der Waals surface area contributed by atoms with Crippen molar-refractivity contribution in [1.29, 1.82) is 0 Å². The minimum Gasteiger partial charge on any atom is -0.467 e. The van der Waals surface area contributed by atoms with Crippen LogP contribution in [0.1, 0.15) is 26.2 Å². The summed E-state index contributed by atoms with van der Waals surface area (Å²) in [6, 6.07) is 0. The third-order valence-electron chi connectivity index (χ3n) is 3.07. The molecular formula is C10H16O4. The van der Waals surface area contributed by atoms with Crippen LogP contribution < -0.4 is 0 Å². The van der Waals surface area contributed by atoms with Gasteiger partial charge in [-0.25, -0.2) is 4.79 Å². The average molecular weight is 200 g/mol. The fourth-order valence-electron chi connectivity index (χ4n) is 2.05. The zero-order valence-electron chi connectivity index (χ0n) is 8.62. The summed E-state index contributed by atoms with van der Waals surface area (Å²) in [5.41, 5.74) is -0.437. The van der Waals surface area contributed by atoms with Crippen molar-refractivity contribution in [2.45, 2.75) is 44.0 Å². The third-order valence-corrected chi connectivity index (χ3v) is 3.07. The van der Waals surface area contributed by atoms with Gasteiger partial charge in [-0.3, -0.25) is 0 Å². The summed E-state index contributed by atoms with van der Waals surface area (Å²) in [6.07, 6.45) is 2.87. The van der Waals surface area contributed by atoms with Crippen LogP contribution in [0.4, 0.5) is 0 Å². The molecule has 2 aliphatic heterocycles. The molecule has 2 heterocycles. The molecule has 4 nitrogen and oxygen atoms in total. The van der Waals surface area contributed by atoms with Gasteiger partial charge in [0.2, 0.25) is 0 Å². The fourth-order valence-corrected chi connectivity index (χ4v) is 2.05. The molecule has 3 unspecified atom stereocenters. The molecular weight excluding hydrogens is 184 g/mol. The van der Waals surface area contributed by atoms with Crippen LogP contribution in [-0.2, 0) is 19.0 Å². The lowest BCUT2D eigenvalue weighted by molar-refractivity contribution is -0.142. The van der Waals surface area contributed by atoms with Crippen molar-refractivity contribution >= 4 is 5.97 Å². The lowest BCUT2D eigenvalue weighted by atomic mass is 9.94. The maximum Gasteiger partial charge on any atom is 0.338 e. The van der Waals surface area contributed by atoms with E-state index in [4.69, 9.17) is 9.47 Å². The van der Waals surface area contributed by atoms with E-state index in [9.17, 15) is 4.79 Å². The Labute approximate surface area is 83.5 Å². The standard InChI is InChI=1S/C10H16O4/c1-10(7-5-3-4-6-13-7)8(14-10)9(11)12-2/h7-8H,3-6H2,1-2H3. The molecule has 0 saturated carbocycles. The molecule has 0 N–H and O–H groups in total. The highest BCUT2D eigenvalue weighted by molar-refractivity contribution is 5.79. The van der Waals surface area contributed by atoms with Crippen molar-refractivity contribution in [3.05, 3.63) is 0 Å². The van der Waals surface area contributed by atoms with Crippen molar-refractivity contribution in [2.24, 2.45) is 0 Å². The highest BCUT2D eigenvalue weighted by Crippen LogP contribution is 2.44. The first-order valence-corrected chi connectivity index (χ1v) is 5.05. The van der Waals surface area contributed by atoms with E-state index in [1.807, 2.05) is 6.92 Å². The fraction of sp³-hybridized carbons (Fsp3) is 0.900. The van der Waals surface area contributed by atoms with E-state index in [-0.39, 0.29) is 12.1 Å². The first kappa shape index (κ1) is 9.93. The molecule has 0 amide bonds. The molecule has 2 saturated heterocycles. The largest absolute Gasteiger partial charge is 0.467 e. The van der Waals surface area contributed by atoms with Crippen LogP contribution in [0.25, 0.3) is 0 Å². The number of methoxy groups -OCH3 is 1. The summed E-state index contributed by atoms with van der Waals surface area (Å²) in [5.74, 6) is -0.290. The molecule has 0 bridgehead atoms. The van der Waals surface area contributed by atoms with Crippen molar-refractivity contribution in [2.75, 3.05) is 13.7 Å². The smallest absolute Gasteiger partial charge is 0.338 e. The Kier molecular flexibility index (Phi) is 2.49. The van der Waals surface area contributed by atoms with E-state index in [1.165, 1.54) is 7.11 Å². The van der Waals surface area contributed by atoms with Crippen LogP contribution in [-0.4, -0.2) is 37.5 Å². The topological polar surface area (TPSA) is 48.1 Å². The van der Waals surface area contributed by atoms with Gasteiger partial charge in [-0.2, -0.15) is 0 Å². The molecule has 0 aromatic carbocycles. The lowest BCUT2D eigenvalue weighted by Crippen LogP contribution is -2.36. The quantitative estimate of drug-likeness (QED) is 0.490.